The minimum Gasteiger partial charge on any atom is -0.495 e. The molecule has 0 saturated carbocycles. The summed E-state index contributed by atoms with van der Waals surface area (Å²) >= 11 is 0. The normalized spacial score (nSPS) is 13.1. The molecule has 284 valence electrons. The van der Waals surface area contributed by atoms with Crippen LogP contribution >= 0.6 is 0 Å². The summed E-state index contributed by atoms with van der Waals surface area (Å²) in [7, 11) is 12.5. The molecule has 0 aromatic heterocycles. The van der Waals surface area contributed by atoms with Gasteiger partial charge in [0.2, 0.25) is 0 Å². The van der Waals surface area contributed by atoms with Crippen LogP contribution in [0.2, 0.25) is 24.2 Å². The second kappa shape index (κ2) is 24.9. The molecule has 14 nitrogen and oxygen atoms in total. The molecule has 0 radical (unpaired) electrons. The maximum Gasteiger partial charge on any atom is 0.500 e. The van der Waals surface area contributed by atoms with Gasteiger partial charge in [0, 0.05) is 116 Å². The molecular formula is C29H66NO13RfSi4-. The quantitative estimate of drug-likeness (QED) is 0.0545. The number of carbonyl (C=O) groups excluding carboxylic acids is 1. The van der Waals surface area contributed by atoms with Crippen molar-refractivity contribution in [3.8, 4) is 0 Å². The molecule has 0 aromatic carbocycles. The smallest absolute Gasteiger partial charge is 0.495 e. The van der Waals surface area contributed by atoms with E-state index in [0.717, 1.165) is 44.9 Å². The van der Waals surface area contributed by atoms with E-state index in [-0.39, 0.29) is 11.3 Å². The molecule has 0 aromatic rings. The van der Waals surface area contributed by atoms with Crippen LogP contribution in [0.15, 0.2) is 0 Å². The first-order valence-corrected chi connectivity index (χ1v) is 23.8. The molecule has 19 heteroatoms. The van der Waals surface area contributed by atoms with E-state index >= 15 is 0 Å². The molecule has 0 unspecified atom stereocenters. The van der Waals surface area contributed by atoms with Gasteiger partial charge in [0.05, 0.1) is 0 Å². The van der Waals surface area contributed by atoms with Gasteiger partial charge < -0.3 is 58.0 Å². The SMILES string of the molecule is [CH2-]N(CC(CCC[Si](OC)(OC)OC)(CCC[Si](OC)(OC)OC)CCC[Si](OC)(OC)OC)C(=O)CCCC[Si](OC)(OC)OC.[Rf]. The number of unbranched alkanes of at least 4 members (excludes halogenated alkanes) is 1. The Morgan fingerprint density at radius 2 is 0.729 bits per heavy atom. The second-order valence-electron chi connectivity index (χ2n) is 11.5. The Bertz CT molecular complexity index is 726. The third-order valence-corrected chi connectivity index (χ3v) is 20.6. The Labute approximate surface area is 289 Å². The van der Waals surface area contributed by atoms with Crippen LogP contribution in [0.5, 0.6) is 0 Å². The average molecular weight is 1020 g/mol. The monoisotopic (exact) mass is 1020 g/mol. The fraction of sp³-hybridized carbons (Fsp3) is 0.931. The first-order valence-electron chi connectivity index (χ1n) is 16.1. The first kappa shape index (κ1) is 49.0. The van der Waals surface area contributed by atoms with Crippen molar-refractivity contribution in [1.82, 2.24) is 4.90 Å². The van der Waals surface area contributed by atoms with Gasteiger partial charge in [-0.05, 0) is 63.3 Å². The molecule has 0 aliphatic rings. The summed E-state index contributed by atoms with van der Waals surface area (Å²) in [5.74, 6) is -0.0212. The van der Waals surface area contributed by atoms with Gasteiger partial charge in [0.1, 0.15) is 0 Å². The Morgan fingerprint density at radius 3 is 0.979 bits per heavy atom. The molecule has 1 amide bonds. The Hall–Kier alpha value is -1.14. The topological polar surface area (TPSA) is 131 Å². The van der Waals surface area contributed by atoms with Crippen molar-refractivity contribution in [2.24, 2.45) is 5.41 Å². The predicted octanol–water partition coefficient (Wildman–Crippen LogP) is 4.62. The second-order valence-corrected chi connectivity index (χ2v) is 23.9. The zero-order valence-corrected chi connectivity index (χ0v) is 42.5. The third kappa shape index (κ3) is 15.0. The van der Waals surface area contributed by atoms with E-state index in [1.54, 1.807) is 90.2 Å². The summed E-state index contributed by atoms with van der Waals surface area (Å²) in [5, 5.41) is 0. The standard InChI is InChI=1S/C29H66NO13Si4.Rf/c1-30(28(31)19-14-15-23-44(32-2,33-3)34-4)27-29(20-16-24-45(35-5,36-6)37-7,21-17-25-46(38-8,39-9)40-10)22-18-26-47(41-11,42-12)43-13;/h1,14-27H2,2-13H3;/q-1;. The van der Waals surface area contributed by atoms with Crippen LogP contribution in [0.3, 0.4) is 0 Å². The van der Waals surface area contributed by atoms with E-state index in [1.807, 2.05) is 0 Å². The number of carbonyl (C=O) groups is 1. The van der Waals surface area contributed by atoms with Gasteiger partial charge in [-0.15, -0.1) is 0 Å². The number of rotatable bonds is 31. The Kier molecular flexibility index (Phi) is 25.4. The molecule has 0 N–H and O–H groups in total. The molecule has 0 atom stereocenters. The van der Waals surface area contributed by atoms with Gasteiger partial charge >= 0.3 is 35.2 Å². The van der Waals surface area contributed by atoms with Crippen LogP contribution in [-0.2, 0) is 57.9 Å². The molecule has 0 heterocycles. The van der Waals surface area contributed by atoms with Crippen LogP contribution < -0.4 is 0 Å². The van der Waals surface area contributed by atoms with Gasteiger partial charge in [-0.1, -0.05) is 0 Å². The van der Waals surface area contributed by atoms with Gasteiger partial charge in [-0.25, -0.2) is 0 Å². The van der Waals surface area contributed by atoms with Gasteiger partial charge in [0.15, 0.2) is 5.91 Å². The van der Waals surface area contributed by atoms with E-state index in [9.17, 15) is 4.79 Å². The molecular weight excluding hydrogens is 950 g/mol. The van der Waals surface area contributed by atoms with Crippen LogP contribution in [0, 0.1) is 12.5 Å². The molecule has 0 rings (SSSR count). The number of hydrogen-bond donors (Lipinski definition) is 0. The summed E-state index contributed by atoms with van der Waals surface area (Å²) in [6.07, 6.45) is 6.41. The summed E-state index contributed by atoms with van der Waals surface area (Å²) in [6, 6.07) is 2.52. The largest absolute Gasteiger partial charge is 0.500 e. The number of nitrogens with zero attached hydrogens (tertiary/aromatic N) is 1. The third-order valence-electron chi connectivity index (χ3n) is 9.30. The number of hydrogen-bond acceptors (Lipinski definition) is 13. The van der Waals surface area contributed by atoms with Crippen molar-refractivity contribution < 1.29 is 57.9 Å². The predicted molar refractivity (Wildman–Crippen MR) is 187 cm³/mol. The Balaban J connectivity index is 0. The van der Waals surface area contributed by atoms with Gasteiger partial charge in [-0.3, -0.25) is 11.8 Å². The minimum absolute atomic E-state index is 0. The van der Waals surface area contributed by atoms with Crippen molar-refractivity contribution in [2.75, 3.05) is 91.9 Å². The van der Waals surface area contributed by atoms with E-state index in [1.165, 1.54) is 0 Å². The van der Waals surface area contributed by atoms with E-state index in [0.29, 0.717) is 43.6 Å². The van der Waals surface area contributed by atoms with Crippen LogP contribution in [0.25, 0.3) is 0 Å². The van der Waals surface area contributed by atoms with E-state index in [4.69, 9.17) is 53.1 Å². The van der Waals surface area contributed by atoms with Crippen LogP contribution in [0.1, 0.15) is 57.8 Å². The molecule has 0 spiro atoms. The van der Waals surface area contributed by atoms with Crippen LogP contribution in [0.4, 0.5) is 0 Å². The number of amides is 1. The van der Waals surface area contributed by atoms with Crippen LogP contribution in [-0.4, -0.2) is 138 Å². The van der Waals surface area contributed by atoms with Crippen molar-refractivity contribution >= 4 is 41.1 Å². The summed E-state index contributed by atoms with van der Waals surface area (Å²) in [6.45, 7) is 0.462. The maximum absolute atomic E-state index is 13.5. The molecule has 0 fully saturated rings. The summed E-state index contributed by atoms with van der Waals surface area (Å²) < 4.78 is 68.0. The fourth-order valence-electron chi connectivity index (χ4n) is 6.15. The fourth-order valence-corrected chi connectivity index (χ4v) is 13.1. The first-order chi connectivity index (χ1) is 22.4. The van der Waals surface area contributed by atoms with Gasteiger partial charge in [-0.2, -0.15) is 0 Å². The summed E-state index contributed by atoms with van der Waals surface area (Å²) in [5.41, 5.74) is -0.318. The van der Waals surface area contributed by atoms with Crippen molar-refractivity contribution in [1.29, 1.82) is 0 Å². The molecule has 0 saturated heterocycles. The molecule has 0 bridgehead atoms. The van der Waals surface area contributed by atoms with E-state index < -0.39 is 35.2 Å². The minimum atomic E-state index is -2.81. The zero-order valence-electron chi connectivity index (χ0n) is 32.1. The van der Waals surface area contributed by atoms with E-state index in [2.05, 4.69) is 7.05 Å². The van der Waals surface area contributed by atoms with Crippen molar-refractivity contribution in [2.45, 2.75) is 82.0 Å². The van der Waals surface area contributed by atoms with Crippen molar-refractivity contribution in [3.05, 3.63) is 7.05 Å². The molecule has 0 aliphatic carbocycles. The summed E-state index contributed by atoms with van der Waals surface area (Å²) in [4.78, 5) is 15.1. The average Bonchev–Trinajstić information content (AvgIpc) is 3.11. The molecule has 0 aliphatic heterocycles. The molecule has 48 heavy (non-hydrogen) atoms. The van der Waals surface area contributed by atoms with Crippen molar-refractivity contribution in [3.63, 3.8) is 0 Å². The zero-order chi connectivity index (χ0) is 36.0. The van der Waals surface area contributed by atoms with Gasteiger partial charge in [0.25, 0.3) is 0 Å². The maximum atomic E-state index is 13.5. The Morgan fingerprint density at radius 1 is 0.479 bits per heavy atom.